The van der Waals surface area contributed by atoms with E-state index in [2.05, 4.69) is 4.90 Å². The molecule has 2 heterocycles. The quantitative estimate of drug-likeness (QED) is 0.742. The second-order valence-electron chi connectivity index (χ2n) is 8.13. The van der Waals surface area contributed by atoms with Crippen LogP contribution in [0.4, 0.5) is 0 Å². The normalized spacial score (nSPS) is 49.4. The number of piperidine rings is 2. The fourth-order valence-corrected chi connectivity index (χ4v) is 6.46. The number of aliphatic hydroxyl groups is 1. The summed E-state index contributed by atoms with van der Waals surface area (Å²) >= 11 is 0. The van der Waals surface area contributed by atoms with Crippen LogP contribution in [0.5, 0.6) is 0 Å². The molecular formula is C18H27NO4. The molecule has 1 spiro atoms. The van der Waals surface area contributed by atoms with Crippen molar-refractivity contribution in [1.29, 1.82) is 0 Å². The SMILES string of the molecule is CC(=O)OC1CC2C(=O)C(C)CC34C1CCCN3CCCC24O. The number of nitrogens with zero attached hydrogens (tertiary/aromatic N) is 1. The Balaban J connectivity index is 1.84. The number of esters is 1. The van der Waals surface area contributed by atoms with Gasteiger partial charge in [-0.05, 0) is 51.6 Å². The molecular weight excluding hydrogens is 294 g/mol. The van der Waals surface area contributed by atoms with Gasteiger partial charge in [0.15, 0.2) is 0 Å². The van der Waals surface area contributed by atoms with E-state index < -0.39 is 5.60 Å². The van der Waals surface area contributed by atoms with Crippen LogP contribution in [-0.4, -0.2) is 52.1 Å². The lowest BCUT2D eigenvalue weighted by atomic mass is 9.45. The van der Waals surface area contributed by atoms with Crippen LogP contribution in [0.15, 0.2) is 0 Å². The number of Topliss-reactive ketones (excluding diaryl/α,β-unsaturated/α-hetero) is 1. The van der Waals surface area contributed by atoms with E-state index in [1.807, 2.05) is 6.92 Å². The molecule has 4 aliphatic rings. The van der Waals surface area contributed by atoms with Crippen molar-refractivity contribution in [3.05, 3.63) is 0 Å². The molecule has 2 aliphatic heterocycles. The Labute approximate surface area is 137 Å². The fourth-order valence-electron chi connectivity index (χ4n) is 6.46. The molecule has 1 N–H and O–H groups in total. The van der Waals surface area contributed by atoms with Gasteiger partial charge in [0, 0.05) is 18.8 Å². The number of carbonyl (C=O) groups excluding carboxylic acids is 2. The first-order valence-electron chi connectivity index (χ1n) is 9.08. The van der Waals surface area contributed by atoms with Gasteiger partial charge < -0.3 is 9.84 Å². The summed E-state index contributed by atoms with van der Waals surface area (Å²) in [6.07, 6.45) is 4.69. The molecule has 6 unspecified atom stereocenters. The summed E-state index contributed by atoms with van der Waals surface area (Å²) in [6.45, 7) is 5.42. The molecule has 0 amide bonds. The first-order chi connectivity index (χ1) is 10.9. The highest BCUT2D eigenvalue weighted by Gasteiger charge is 2.72. The molecule has 5 nitrogen and oxygen atoms in total. The minimum Gasteiger partial charge on any atom is -0.462 e. The fraction of sp³-hybridized carbons (Fsp3) is 0.889. The van der Waals surface area contributed by atoms with Crippen molar-refractivity contribution in [1.82, 2.24) is 4.90 Å². The van der Waals surface area contributed by atoms with E-state index in [-0.39, 0.29) is 41.1 Å². The van der Waals surface area contributed by atoms with E-state index in [1.165, 1.54) is 6.92 Å². The Morgan fingerprint density at radius 3 is 2.83 bits per heavy atom. The van der Waals surface area contributed by atoms with Crippen LogP contribution >= 0.6 is 0 Å². The molecule has 4 rings (SSSR count). The third-order valence-electron chi connectivity index (χ3n) is 7.11. The van der Waals surface area contributed by atoms with Gasteiger partial charge in [0.05, 0.1) is 17.1 Å². The topological polar surface area (TPSA) is 66.8 Å². The van der Waals surface area contributed by atoms with Gasteiger partial charge in [-0.1, -0.05) is 6.92 Å². The molecule has 2 saturated heterocycles. The lowest BCUT2D eigenvalue weighted by molar-refractivity contribution is -0.270. The number of ether oxygens (including phenoxy) is 1. The average Bonchev–Trinajstić information content (AvgIpc) is 2.48. The molecule has 0 aromatic rings. The molecule has 2 aliphatic carbocycles. The molecule has 128 valence electrons. The van der Waals surface area contributed by atoms with Crippen molar-refractivity contribution < 1.29 is 19.4 Å². The molecule has 5 heteroatoms. The molecule has 2 saturated carbocycles. The lowest BCUT2D eigenvalue weighted by Crippen LogP contribution is -2.82. The van der Waals surface area contributed by atoms with Crippen molar-refractivity contribution in [3.63, 3.8) is 0 Å². The summed E-state index contributed by atoms with van der Waals surface area (Å²) in [7, 11) is 0. The number of carbonyl (C=O) groups is 2. The number of hydrogen-bond donors (Lipinski definition) is 1. The predicted octanol–water partition coefficient (Wildman–Crippen LogP) is 1.52. The first kappa shape index (κ1) is 15.6. The molecule has 4 fully saturated rings. The van der Waals surface area contributed by atoms with Crippen molar-refractivity contribution in [2.24, 2.45) is 17.8 Å². The van der Waals surface area contributed by atoms with Gasteiger partial charge in [-0.15, -0.1) is 0 Å². The number of ketones is 1. The second kappa shape index (κ2) is 5.03. The van der Waals surface area contributed by atoms with E-state index in [0.717, 1.165) is 32.4 Å². The van der Waals surface area contributed by atoms with Crippen LogP contribution in [0, 0.1) is 17.8 Å². The Morgan fingerprint density at radius 2 is 2.09 bits per heavy atom. The smallest absolute Gasteiger partial charge is 0.302 e. The second-order valence-corrected chi connectivity index (χ2v) is 8.13. The predicted molar refractivity (Wildman–Crippen MR) is 83.7 cm³/mol. The third kappa shape index (κ3) is 1.86. The standard InChI is InChI=1S/C18H27NO4/c1-11-10-17-13-5-3-7-19(17)8-4-6-18(17,22)14(16(11)21)9-15(13)23-12(2)20/h11,13-15,22H,3-10H2,1-2H3. The average molecular weight is 321 g/mol. The van der Waals surface area contributed by atoms with Gasteiger partial charge >= 0.3 is 5.97 Å². The monoisotopic (exact) mass is 321 g/mol. The first-order valence-corrected chi connectivity index (χ1v) is 9.08. The molecule has 0 radical (unpaired) electrons. The van der Waals surface area contributed by atoms with E-state index in [1.54, 1.807) is 0 Å². The van der Waals surface area contributed by atoms with Gasteiger partial charge in [0.2, 0.25) is 0 Å². The highest BCUT2D eigenvalue weighted by molar-refractivity contribution is 5.86. The summed E-state index contributed by atoms with van der Waals surface area (Å²) in [4.78, 5) is 26.9. The largest absolute Gasteiger partial charge is 0.462 e. The minimum absolute atomic E-state index is 0.0141. The van der Waals surface area contributed by atoms with Gasteiger partial charge in [-0.25, -0.2) is 0 Å². The van der Waals surface area contributed by atoms with Crippen LogP contribution in [0.25, 0.3) is 0 Å². The zero-order chi connectivity index (χ0) is 16.4. The molecule has 0 aromatic carbocycles. The van der Waals surface area contributed by atoms with Gasteiger partial charge in [0.25, 0.3) is 0 Å². The zero-order valence-electron chi connectivity index (χ0n) is 14.1. The van der Waals surface area contributed by atoms with Gasteiger partial charge in [-0.2, -0.15) is 0 Å². The van der Waals surface area contributed by atoms with Crippen LogP contribution in [-0.2, 0) is 14.3 Å². The maximum Gasteiger partial charge on any atom is 0.302 e. The van der Waals surface area contributed by atoms with Crippen molar-refractivity contribution in [2.45, 2.75) is 69.6 Å². The summed E-state index contributed by atoms with van der Waals surface area (Å²) in [5, 5.41) is 11.7. The highest BCUT2D eigenvalue weighted by atomic mass is 16.5. The molecule has 2 bridgehead atoms. The third-order valence-corrected chi connectivity index (χ3v) is 7.11. The Kier molecular flexibility index (Phi) is 3.40. The minimum atomic E-state index is -0.934. The van der Waals surface area contributed by atoms with Crippen LogP contribution in [0.3, 0.4) is 0 Å². The molecule has 6 atom stereocenters. The van der Waals surface area contributed by atoms with Crippen LogP contribution in [0.1, 0.15) is 52.4 Å². The summed E-state index contributed by atoms with van der Waals surface area (Å²) < 4.78 is 5.66. The highest BCUT2D eigenvalue weighted by Crippen LogP contribution is 2.61. The zero-order valence-corrected chi connectivity index (χ0v) is 14.1. The van der Waals surface area contributed by atoms with Crippen molar-refractivity contribution >= 4 is 11.8 Å². The molecule has 23 heavy (non-hydrogen) atoms. The Morgan fingerprint density at radius 1 is 1.35 bits per heavy atom. The van der Waals surface area contributed by atoms with E-state index in [0.29, 0.717) is 19.3 Å². The van der Waals surface area contributed by atoms with E-state index in [9.17, 15) is 14.7 Å². The Hall–Kier alpha value is -0.940. The van der Waals surface area contributed by atoms with Crippen molar-refractivity contribution in [3.8, 4) is 0 Å². The maximum atomic E-state index is 12.8. The van der Waals surface area contributed by atoms with E-state index >= 15 is 0 Å². The van der Waals surface area contributed by atoms with Gasteiger partial charge in [-0.3, -0.25) is 14.5 Å². The van der Waals surface area contributed by atoms with E-state index in [4.69, 9.17) is 4.74 Å². The summed E-state index contributed by atoms with van der Waals surface area (Å²) in [6, 6.07) is 0. The maximum absolute atomic E-state index is 12.8. The summed E-state index contributed by atoms with van der Waals surface area (Å²) in [5.41, 5.74) is -1.31. The van der Waals surface area contributed by atoms with Crippen LogP contribution < -0.4 is 0 Å². The number of hydrogen-bond acceptors (Lipinski definition) is 5. The molecule has 0 aromatic heterocycles. The van der Waals surface area contributed by atoms with Crippen molar-refractivity contribution in [2.75, 3.05) is 13.1 Å². The lowest BCUT2D eigenvalue weighted by Gasteiger charge is -2.70. The van der Waals surface area contributed by atoms with Gasteiger partial charge in [0.1, 0.15) is 11.9 Å². The summed E-state index contributed by atoms with van der Waals surface area (Å²) in [5.74, 6) is -0.353. The number of rotatable bonds is 1. The Bertz CT molecular complexity index is 547. The van der Waals surface area contributed by atoms with Crippen LogP contribution in [0.2, 0.25) is 0 Å².